The van der Waals surface area contributed by atoms with Crippen LogP contribution in [0.15, 0.2) is 18.3 Å². The number of alkyl halides is 2. The standard InChI is InChI=1S/C20H25F2N5O4/c1-12(17(29)27-11-20(21,22)9-15(27)23-5)26-16(28)13-6-7-24-14(8-13)10-25-18(30)31-19(2,3)4/h6-8,12,15H,9-11H2,1-4H3,(H,25,30)(H,26,28)/t12-,15-/m0/s1. The van der Waals surface area contributed by atoms with Crippen molar-refractivity contribution in [1.82, 2.24) is 20.5 Å². The number of nitrogens with one attached hydrogen (secondary N) is 2. The van der Waals surface area contributed by atoms with E-state index < -0.39 is 54.6 Å². The Morgan fingerprint density at radius 2 is 2.10 bits per heavy atom. The first-order valence-electron chi connectivity index (χ1n) is 9.59. The zero-order valence-corrected chi connectivity index (χ0v) is 17.7. The highest BCUT2D eigenvalue weighted by Gasteiger charge is 2.51. The summed E-state index contributed by atoms with van der Waals surface area (Å²) in [6, 6.07) is 1.73. The van der Waals surface area contributed by atoms with Crippen LogP contribution in [0, 0.1) is 6.57 Å². The summed E-state index contributed by atoms with van der Waals surface area (Å²) in [7, 11) is 0. The molecule has 9 nitrogen and oxygen atoms in total. The predicted molar refractivity (Wildman–Crippen MR) is 106 cm³/mol. The highest BCUT2D eigenvalue weighted by Crippen LogP contribution is 2.33. The van der Waals surface area contributed by atoms with Crippen molar-refractivity contribution in [3.8, 4) is 0 Å². The first-order valence-corrected chi connectivity index (χ1v) is 9.59. The van der Waals surface area contributed by atoms with Crippen molar-refractivity contribution in [2.75, 3.05) is 6.54 Å². The maximum absolute atomic E-state index is 13.6. The third-order valence-corrected chi connectivity index (χ3v) is 4.28. The van der Waals surface area contributed by atoms with Gasteiger partial charge in [0.15, 0.2) is 0 Å². The van der Waals surface area contributed by atoms with E-state index in [1.807, 2.05) is 0 Å². The number of pyridine rings is 1. The molecule has 11 heteroatoms. The predicted octanol–water partition coefficient (Wildman–Crippen LogP) is 2.34. The van der Waals surface area contributed by atoms with E-state index >= 15 is 0 Å². The lowest BCUT2D eigenvalue weighted by atomic mass is 10.2. The first kappa shape index (κ1) is 24.0. The Kier molecular flexibility index (Phi) is 7.15. The number of rotatable bonds is 5. The van der Waals surface area contributed by atoms with Crippen LogP contribution < -0.4 is 10.6 Å². The van der Waals surface area contributed by atoms with Crippen LogP contribution >= 0.6 is 0 Å². The molecule has 31 heavy (non-hydrogen) atoms. The molecule has 0 unspecified atom stereocenters. The summed E-state index contributed by atoms with van der Waals surface area (Å²) in [5.74, 6) is -4.50. The van der Waals surface area contributed by atoms with E-state index in [-0.39, 0.29) is 12.1 Å². The summed E-state index contributed by atoms with van der Waals surface area (Å²) in [6.07, 6.45) is -1.25. The normalized spacial score (nSPS) is 18.6. The molecule has 1 aliphatic heterocycles. The van der Waals surface area contributed by atoms with E-state index in [9.17, 15) is 23.2 Å². The minimum atomic E-state index is -3.13. The summed E-state index contributed by atoms with van der Waals surface area (Å²) in [6.45, 7) is 12.7. The molecule has 1 saturated heterocycles. The fourth-order valence-corrected chi connectivity index (χ4v) is 2.92. The molecule has 2 atom stereocenters. The van der Waals surface area contributed by atoms with Crippen LogP contribution in [0.4, 0.5) is 13.6 Å². The maximum Gasteiger partial charge on any atom is 0.407 e. The van der Waals surface area contributed by atoms with Crippen molar-refractivity contribution in [1.29, 1.82) is 0 Å². The average molecular weight is 437 g/mol. The topological polar surface area (TPSA) is 105 Å². The molecule has 0 saturated carbocycles. The second-order valence-electron chi connectivity index (χ2n) is 8.22. The Bertz CT molecular complexity index is 894. The number of nitrogens with zero attached hydrogens (tertiary/aromatic N) is 3. The number of carbonyl (C=O) groups excluding carboxylic acids is 3. The fraction of sp³-hybridized carbons (Fsp3) is 0.550. The van der Waals surface area contributed by atoms with Gasteiger partial charge in [0.05, 0.1) is 18.8 Å². The Morgan fingerprint density at radius 3 is 2.71 bits per heavy atom. The van der Waals surface area contributed by atoms with E-state index in [4.69, 9.17) is 11.3 Å². The van der Waals surface area contributed by atoms with Crippen LogP contribution in [0.1, 0.15) is 50.2 Å². The van der Waals surface area contributed by atoms with E-state index in [0.29, 0.717) is 5.69 Å². The third-order valence-electron chi connectivity index (χ3n) is 4.28. The van der Waals surface area contributed by atoms with E-state index in [0.717, 1.165) is 4.90 Å². The van der Waals surface area contributed by atoms with Gasteiger partial charge < -0.3 is 15.4 Å². The maximum atomic E-state index is 13.6. The second kappa shape index (κ2) is 9.24. The molecule has 2 heterocycles. The second-order valence-corrected chi connectivity index (χ2v) is 8.22. The highest BCUT2D eigenvalue weighted by molar-refractivity contribution is 5.97. The number of alkyl carbamates (subject to hydrolysis) is 1. The molecule has 0 bridgehead atoms. The Morgan fingerprint density at radius 1 is 1.42 bits per heavy atom. The van der Waals surface area contributed by atoms with E-state index in [2.05, 4.69) is 20.5 Å². The third kappa shape index (κ3) is 6.87. The van der Waals surface area contributed by atoms with Crippen molar-refractivity contribution in [2.45, 2.75) is 64.4 Å². The number of hydrogen-bond acceptors (Lipinski definition) is 5. The van der Waals surface area contributed by atoms with E-state index in [1.165, 1.54) is 25.3 Å². The minimum absolute atomic E-state index is 0.0140. The summed E-state index contributed by atoms with van der Waals surface area (Å²) >= 11 is 0. The van der Waals surface area contributed by atoms with Gasteiger partial charge in [0, 0.05) is 11.8 Å². The molecular weight excluding hydrogens is 412 g/mol. The smallest absolute Gasteiger partial charge is 0.407 e. The summed E-state index contributed by atoms with van der Waals surface area (Å²) in [5.41, 5.74) is -0.109. The average Bonchev–Trinajstić information content (AvgIpc) is 2.99. The summed E-state index contributed by atoms with van der Waals surface area (Å²) in [5, 5.41) is 4.97. The number of likely N-dealkylation sites (tertiary alicyclic amines) is 1. The molecule has 0 aromatic carbocycles. The lowest BCUT2D eigenvalue weighted by Crippen LogP contribution is -2.48. The number of carbonyl (C=O) groups is 3. The van der Waals surface area contributed by atoms with Gasteiger partial charge in [0.25, 0.3) is 17.7 Å². The van der Waals surface area contributed by atoms with Gasteiger partial charge >= 0.3 is 12.3 Å². The van der Waals surface area contributed by atoms with Gasteiger partial charge in [-0.3, -0.25) is 24.3 Å². The van der Waals surface area contributed by atoms with Gasteiger partial charge in [0.2, 0.25) is 0 Å². The molecule has 168 valence electrons. The van der Waals surface area contributed by atoms with Crippen LogP contribution in [-0.2, 0) is 16.1 Å². The number of ether oxygens (including phenoxy) is 1. The van der Waals surface area contributed by atoms with E-state index in [1.54, 1.807) is 20.8 Å². The zero-order chi connectivity index (χ0) is 23.4. The molecule has 2 rings (SSSR count). The summed E-state index contributed by atoms with van der Waals surface area (Å²) in [4.78, 5) is 44.7. The molecule has 1 fully saturated rings. The molecular formula is C20H25F2N5O4. The quantitative estimate of drug-likeness (QED) is 0.688. The molecule has 1 aromatic heterocycles. The fourth-order valence-electron chi connectivity index (χ4n) is 2.92. The minimum Gasteiger partial charge on any atom is -0.444 e. The Labute approximate surface area is 179 Å². The molecule has 0 spiro atoms. The van der Waals surface area contributed by atoms with Crippen LogP contribution in [0.25, 0.3) is 4.85 Å². The highest BCUT2D eigenvalue weighted by atomic mass is 19.3. The number of amides is 3. The van der Waals surface area contributed by atoms with Crippen LogP contribution in [0.3, 0.4) is 0 Å². The van der Waals surface area contributed by atoms with Crippen molar-refractivity contribution in [3.63, 3.8) is 0 Å². The van der Waals surface area contributed by atoms with Gasteiger partial charge in [-0.05, 0) is 39.8 Å². The zero-order valence-electron chi connectivity index (χ0n) is 17.7. The lowest BCUT2D eigenvalue weighted by molar-refractivity contribution is -0.134. The van der Waals surface area contributed by atoms with Gasteiger partial charge in [0.1, 0.15) is 18.1 Å². The number of hydrogen-bond donors (Lipinski definition) is 2. The van der Waals surface area contributed by atoms with Crippen LogP contribution in [0.5, 0.6) is 0 Å². The largest absolute Gasteiger partial charge is 0.444 e. The Hall–Kier alpha value is -3.29. The SMILES string of the molecule is [C-]#[N+][C@@H]1CC(F)(F)CN1C(=O)[C@H](C)NC(=O)c1ccnc(CNC(=O)OC(C)(C)C)c1. The summed E-state index contributed by atoms with van der Waals surface area (Å²) < 4.78 is 32.3. The molecule has 1 aromatic rings. The molecule has 3 amide bonds. The van der Waals surface area contributed by atoms with Gasteiger partial charge in [-0.25, -0.2) is 20.1 Å². The van der Waals surface area contributed by atoms with Crippen molar-refractivity contribution >= 4 is 17.9 Å². The van der Waals surface area contributed by atoms with Crippen LogP contribution in [-0.4, -0.2) is 58.1 Å². The van der Waals surface area contributed by atoms with Gasteiger partial charge in [-0.2, -0.15) is 0 Å². The van der Waals surface area contributed by atoms with Crippen LogP contribution in [0.2, 0.25) is 0 Å². The first-order chi connectivity index (χ1) is 14.3. The number of halogens is 2. The lowest BCUT2D eigenvalue weighted by Gasteiger charge is -2.21. The van der Waals surface area contributed by atoms with Crippen molar-refractivity contribution in [2.24, 2.45) is 0 Å². The Balaban J connectivity index is 1.97. The molecule has 1 aliphatic rings. The molecule has 0 aliphatic carbocycles. The molecule has 0 radical (unpaired) electrons. The monoisotopic (exact) mass is 437 g/mol. The van der Waals surface area contributed by atoms with Gasteiger partial charge in [-0.1, -0.05) is 0 Å². The van der Waals surface area contributed by atoms with Gasteiger partial charge in [-0.15, -0.1) is 0 Å². The molecule has 2 N–H and O–H groups in total. The number of aromatic nitrogens is 1. The van der Waals surface area contributed by atoms with Crippen molar-refractivity contribution < 1.29 is 27.9 Å². The van der Waals surface area contributed by atoms with Crippen molar-refractivity contribution in [3.05, 3.63) is 41.0 Å².